The second kappa shape index (κ2) is 6.73. The molecule has 2 N–H and O–H groups in total. The van der Waals surface area contributed by atoms with Crippen molar-refractivity contribution in [3.8, 4) is 5.75 Å². The molecule has 0 heterocycles. The first-order valence-corrected chi connectivity index (χ1v) is 7.36. The Morgan fingerprint density at radius 1 is 1.16 bits per heavy atom. The molecule has 0 spiro atoms. The summed E-state index contributed by atoms with van der Waals surface area (Å²) >= 11 is 7.88. The maximum absolute atomic E-state index is 6.13. The third kappa shape index (κ3) is 4.08. The van der Waals surface area contributed by atoms with Crippen molar-refractivity contribution in [2.24, 2.45) is 0 Å². The molecule has 0 saturated carbocycles. The number of benzene rings is 2. The lowest BCUT2D eigenvalue weighted by Crippen LogP contribution is -1.90. The van der Waals surface area contributed by atoms with E-state index >= 15 is 0 Å². The molecule has 0 aliphatic carbocycles. The Hall–Kier alpha value is -1.32. The standard InChI is InChI=1S/C15H16ClNOS/c1-18-13-5-2-11(3-6-13)8-9-19-15-7-4-12(17)10-14(15)16/h2-7,10H,8-9,17H2,1H3. The normalized spacial score (nSPS) is 10.4. The molecule has 0 fully saturated rings. The van der Waals surface area contributed by atoms with Crippen molar-refractivity contribution in [1.82, 2.24) is 0 Å². The molecule has 2 aromatic rings. The van der Waals surface area contributed by atoms with Crippen LogP contribution in [0.5, 0.6) is 5.75 Å². The highest BCUT2D eigenvalue weighted by atomic mass is 35.5. The van der Waals surface area contributed by atoms with Crippen LogP contribution in [-0.2, 0) is 6.42 Å². The van der Waals surface area contributed by atoms with Crippen LogP contribution < -0.4 is 10.5 Å². The van der Waals surface area contributed by atoms with E-state index in [1.54, 1.807) is 24.9 Å². The van der Waals surface area contributed by atoms with Gasteiger partial charge in [0, 0.05) is 16.3 Å². The molecule has 0 saturated heterocycles. The number of rotatable bonds is 5. The van der Waals surface area contributed by atoms with E-state index < -0.39 is 0 Å². The summed E-state index contributed by atoms with van der Waals surface area (Å²) < 4.78 is 5.14. The number of ether oxygens (including phenoxy) is 1. The number of nitrogens with two attached hydrogens (primary N) is 1. The predicted molar refractivity (Wildman–Crippen MR) is 83.3 cm³/mol. The van der Waals surface area contributed by atoms with Gasteiger partial charge in [0.05, 0.1) is 12.1 Å². The number of halogens is 1. The van der Waals surface area contributed by atoms with Crippen molar-refractivity contribution in [3.05, 3.63) is 53.1 Å². The number of hydrogen-bond acceptors (Lipinski definition) is 3. The van der Waals surface area contributed by atoms with Crippen molar-refractivity contribution >= 4 is 29.1 Å². The zero-order chi connectivity index (χ0) is 13.7. The number of aryl methyl sites for hydroxylation is 1. The maximum Gasteiger partial charge on any atom is 0.118 e. The Bertz CT molecular complexity index is 542. The van der Waals surface area contributed by atoms with Crippen molar-refractivity contribution in [3.63, 3.8) is 0 Å². The van der Waals surface area contributed by atoms with Crippen LogP contribution in [0.1, 0.15) is 5.56 Å². The minimum atomic E-state index is 0.699. The predicted octanol–water partition coefficient (Wildman–Crippen LogP) is 4.27. The second-order valence-electron chi connectivity index (χ2n) is 4.14. The van der Waals surface area contributed by atoms with E-state index in [1.165, 1.54) is 5.56 Å². The van der Waals surface area contributed by atoms with Crippen molar-refractivity contribution in [2.45, 2.75) is 11.3 Å². The van der Waals surface area contributed by atoms with Gasteiger partial charge in [-0.3, -0.25) is 0 Å². The Balaban J connectivity index is 1.88. The van der Waals surface area contributed by atoms with E-state index in [-0.39, 0.29) is 0 Å². The summed E-state index contributed by atoms with van der Waals surface area (Å²) in [6, 6.07) is 13.8. The van der Waals surface area contributed by atoms with Crippen molar-refractivity contribution < 1.29 is 4.74 Å². The Kier molecular flexibility index (Phi) is 5.00. The quantitative estimate of drug-likeness (QED) is 0.660. The molecule has 0 aromatic heterocycles. The van der Waals surface area contributed by atoms with Crippen LogP contribution in [0.4, 0.5) is 5.69 Å². The fraction of sp³-hybridized carbons (Fsp3) is 0.200. The molecule has 0 atom stereocenters. The smallest absolute Gasteiger partial charge is 0.118 e. The summed E-state index contributed by atoms with van der Waals surface area (Å²) in [7, 11) is 1.67. The SMILES string of the molecule is COc1ccc(CCSc2ccc(N)cc2Cl)cc1. The van der Waals surface area contributed by atoms with Gasteiger partial charge in [-0.25, -0.2) is 0 Å². The van der Waals surface area contributed by atoms with Gasteiger partial charge in [0.25, 0.3) is 0 Å². The average molecular weight is 294 g/mol. The highest BCUT2D eigenvalue weighted by Gasteiger charge is 2.02. The summed E-state index contributed by atoms with van der Waals surface area (Å²) in [6.07, 6.45) is 0.995. The first-order valence-electron chi connectivity index (χ1n) is 6.00. The Morgan fingerprint density at radius 3 is 2.53 bits per heavy atom. The van der Waals surface area contributed by atoms with Gasteiger partial charge < -0.3 is 10.5 Å². The van der Waals surface area contributed by atoms with Gasteiger partial charge >= 0.3 is 0 Å². The topological polar surface area (TPSA) is 35.2 Å². The number of nitrogen functional groups attached to an aromatic ring is 1. The summed E-state index contributed by atoms with van der Waals surface area (Å²) in [6.45, 7) is 0. The lowest BCUT2D eigenvalue weighted by atomic mass is 10.2. The molecule has 0 aliphatic rings. The molecular formula is C15H16ClNOS. The molecule has 2 nitrogen and oxygen atoms in total. The molecule has 0 unspecified atom stereocenters. The van der Waals surface area contributed by atoms with Gasteiger partial charge in [-0.15, -0.1) is 11.8 Å². The molecule has 0 amide bonds. The fourth-order valence-electron chi connectivity index (χ4n) is 1.71. The van der Waals surface area contributed by atoms with E-state index in [4.69, 9.17) is 22.1 Å². The Labute approximate surface area is 122 Å². The third-order valence-corrected chi connectivity index (χ3v) is 4.26. The van der Waals surface area contributed by atoms with Crippen LogP contribution in [0.3, 0.4) is 0 Å². The van der Waals surface area contributed by atoms with Gasteiger partial charge in [-0.2, -0.15) is 0 Å². The average Bonchev–Trinajstić information content (AvgIpc) is 2.42. The van der Waals surface area contributed by atoms with Crippen LogP contribution in [-0.4, -0.2) is 12.9 Å². The van der Waals surface area contributed by atoms with Crippen LogP contribution >= 0.6 is 23.4 Å². The fourth-order valence-corrected chi connectivity index (χ4v) is 2.98. The molecule has 19 heavy (non-hydrogen) atoms. The van der Waals surface area contributed by atoms with Gasteiger partial charge in [-0.1, -0.05) is 23.7 Å². The highest BCUT2D eigenvalue weighted by Crippen LogP contribution is 2.29. The molecule has 4 heteroatoms. The minimum Gasteiger partial charge on any atom is -0.497 e. The summed E-state index contributed by atoms with van der Waals surface area (Å²) in [5, 5.41) is 0.722. The van der Waals surface area contributed by atoms with Crippen LogP contribution in [0, 0.1) is 0 Å². The van der Waals surface area contributed by atoms with Gasteiger partial charge in [0.1, 0.15) is 5.75 Å². The largest absolute Gasteiger partial charge is 0.497 e. The highest BCUT2D eigenvalue weighted by molar-refractivity contribution is 7.99. The molecule has 2 rings (SSSR count). The first kappa shape index (κ1) is 14.1. The molecule has 0 radical (unpaired) electrons. The maximum atomic E-state index is 6.13. The summed E-state index contributed by atoms with van der Waals surface area (Å²) in [5.41, 5.74) is 7.66. The lowest BCUT2D eigenvalue weighted by molar-refractivity contribution is 0.414. The Morgan fingerprint density at radius 2 is 1.89 bits per heavy atom. The molecule has 0 bridgehead atoms. The lowest BCUT2D eigenvalue weighted by Gasteiger charge is -2.06. The van der Waals surface area contributed by atoms with Crippen LogP contribution in [0.15, 0.2) is 47.4 Å². The van der Waals surface area contributed by atoms with Gasteiger partial charge in [0.2, 0.25) is 0 Å². The summed E-state index contributed by atoms with van der Waals surface area (Å²) in [4.78, 5) is 1.07. The molecule has 0 aliphatic heterocycles. The van der Waals surface area contributed by atoms with E-state index in [9.17, 15) is 0 Å². The monoisotopic (exact) mass is 293 g/mol. The molecular weight excluding hydrogens is 278 g/mol. The van der Waals surface area contributed by atoms with Gasteiger partial charge in [-0.05, 0) is 42.3 Å². The van der Waals surface area contributed by atoms with E-state index in [0.717, 1.165) is 27.8 Å². The van der Waals surface area contributed by atoms with Crippen molar-refractivity contribution in [1.29, 1.82) is 0 Å². The number of hydrogen-bond donors (Lipinski definition) is 1. The summed E-state index contributed by atoms with van der Waals surface area (Å²) in [5.74, 6) is 1.87. The molecule has 100 valence electrons. The van der Waals surface area contributed by atoms with E-state index in [2.05, 4.69) is 12.1 Å². The zero-order valence-corrected chi connectivity index (χ0v) is 12.3. The zero-order valence-electron chi connectivity index (χ0n) is 10.7. The number of anilines is 1. The van der Waals surface area contributed by atoms with Crippen molar-refractivity contribution in [2.75, 3.05) is 18.6 Å². The van der Waals surface area contributed by atoms with E-state index in [0.29, 0.717) is 5.69 Å². The number of methoxy groups -OCH3 is 1. The third-order valence-electron chi connectivity index (χ3n) is 2.76. The van der Waals surface area contributed by atoms with E-state index in [1.807, 2.05) is 24.3 Å². The number of thioether (sulfide) groups is 1. The van der Waals surface area contributed by atoms with Crippen LogP contribution in [0.2, 0.25) is 5.02 Å². The first-order chi connectivity index (χ1) is 9.19. The van der Waals surface area contributed by atoms with Gasteiger partial charge in [0.15, 0.2) is 0 Å². The second-order valence-corrected chi connectivity index (χ2v) is 5.68. The minimum absolute atomic E-state index is 0.699. The molecule has 2 aromatic carbocycles. The van der Waals surface area contributed by atoms with Crippen LogP contribution in [0.25, 0.3) is 0 Å².